The molecule has 0 saturated carbocycles. The second kappa shape index (κ2) is 9.71. The third-order valence-electron chi connectivity index (χ3n) is 5.32. The predicted octanol–water partition coefficient (Wildman–Crippen LogP) is 4.88. The molecule has 3 aromatic heterocycles. The lowest BCUT2D eigenvalue weighted by molar-refractivity contribution is -0.137. The molecule has 13 heteroatoms. The fraction of sp³-hybridized carbons (Fsp3) is 0.381. The molecule has 3 aromatic rings. The van der Waals surface area contributed by atoms with Crippen LogP contribution in [0.2, 0.25) is 5.02 Å². The number of pyridine rings is 1. The minimum Gasteiger partial charge on any atom is -0.342 e. The average molecular weight is 513 g/mol. The quantitative estimate of drug-likeness (QED) is 0.507. The van der Waals surface area contributed by atoms with Crippen molar-refractivity contribution in [1.82, 2.24) is 24.8 Å². The lowest BCUT2D eigenvalue weighted by Gasteiger charge is -2.13. The van der Waals surface area contributed by atoms with Gasteiger partial charge in [-0.15, -0.1) is 11.3 Å². The van der Waals surface area contributed by atoms with Crippen molar-refractivity contribution >= 4 is 40.6 Å². The number of carbonyl (C=O) groups is 2. The summed E-state index contributed by atoms with van der Waals surface area (Å²) in [6.45, 7) is 2.47. The predicted molar refractivity (Wildman–Crippen MR) is 120 cm³/mol. The minimum atomic E-state index is -4.68. The van der Waals surface area contributed by atoms with Crippen molar-refractivity contribution < 1.29 is 22.8 Å². The van der Waals surface area contributed by atoms with Gasteiger partial charge in [-0.25, -0.2) is 15.0 Å². The van der Waals surface area contributed by atoms with Gasteiger partial charge in [0.2, 0.25) is 0 Å². The van der Waals surface area contributed by atoms with E-state index < -0.39 is 28.7 Å². The lowest BCUT2D eigenvalue weighted by atomic mass is 10.2. The molecular formula is C21H20ClF3N6O2S. The number of hydrogen-bond donors (Lipinski definition) is 2. The Kier molecular flexibility index (Phi) is 6.89. The van der Waals surface area contributed by atoms with Gasteiger partial charge in [-0.3, -0.25) is 9.59 Å². The standard InChI is InChI=1S/C21H20ClF3N6O2S/c1-11(29-18(32)14-9-27-17-5-3-2-4-6-31(14)17)20-28-10-15(34-20)19(33)30-16-7-12(21(23,24)25)13(22)8-26-16/h7-11H,2-6H2,1H3,(H,29,32)(H,26,30,33)/t11-/m1/s1. The molecule has 2 amide bonds. The molecule has 0 aliphatic carbocycles. The fourth-order valence-electron chi connectivity index (χ4n) is 3.60. The number of carbonyl (C=O) groups excluding carboxylic acids is 2. The average Bonchev–Trinajstić information content (AvgIpc) is 3.36. The molecule has 0 unspecified atom stereocenters. The number of nitrogens with one attached hydrogen (secondary N) is 2. The van der Waals surface area contributed by atoms with Crippen molar-refractivity contribution in [1.29, 1.82) is 0 Å². The molecule has 1 aliphatic rings. The third-order valence-corrected chi connectivity index (χ3v) is 6.80. The topological polar surface area (TPSA) is 102 Å². The van der Waals surface area contributed by atoms with E-state index in [4.69, 9.17) is 11.6 Å². The van der Waals surface area contributed by atoms with E-state index in [-0.39, 0.29) is 16.6 Å². The number of fused-ring (bicyclic) bond motifs is 1. The number of imidazole rings is 1. The molecule has 0 bridgehead atoms. The summed E-state index contributed by atoms with van der Waals surface area (Å²) in [5.74, 6) is -0.363. The Bertz CT molecular complexity index is 1230. The van der Waals surface area contributed by atoms with Crippen LogP contribution in [0.4, 0.5) is 19.0 Å². The number of rotatable bonds is 5. The highest BCUT2D eigenvalue weighted by Crippen LogP contribution is 2.35. The Hall–Kier alpha value is -2.99. The van der Waals surface area contributed by atoms with Gasteiger partial charge in [0.25, 0.3) is 11.8 Å². The zero-order valence-electron chi connectivity index (χ0n) is 17.9. The summed E-state index contributed by atoms with van der Waals surface area (Å²) >= 11 is 6.57. The lowest BCUT2D eigenvalue weighted by Crippen LogP contribution is -2.28. The first-order valence-corrected chi connectivity index (χ1v) is 11.7. The van der Waals surface area contributed by atoms with Crippen LogP contribution in [-0.4, -0.2) is 31.3 Å². The molecule has 8 nitrogen and oxygen atoms in total. The number of aryl methyl sites for hydroxylation is 1. The Balaban J connectivity index is 1.42. The van der Waals surface area contributed by atoms with Gasteiger partial charge in [0, 0.05) is 19.2 Å². The largest absolute Gasteiger partial charge is 0.418 e. The molecule has 1 aliphatic heterocycles. The van der Waals surface area contributed by atoms with E-state index in [2.05, 4.69) is 25.6 Å². The monoisotopic (exact) mass is 512 g/mol. The van der Waals surface area contributed by atoms with Crippen LogP contribution in [0.1, 0.15) is 68.8 Å². The highest BCUT2D eigenvalue weighted by molar-refractivity contribution is 7.13. The molecule has 34 heavy (non-hydrogen) atoms. The van der Waals surface area contributed by atoms with Crippen molar-refractivity contribution in [3.8, 4) is 0 Å². The second-order valence-corrected chi connectivity index (χ2v) is 9.25. The maximum absolute atomic E-state index is 13.0. The van der Waals surface area contributed by atoms with Crippen LogP contribution in [-0.2, 0) is 19.1 Å². The Morgan fingerprint density at radius 2 is 1.91 bits per heavy atom. The van der Waals surface area contributed by atoms with E-state index in [1.807, 2.05) is 4.57 Å². The van der Waals surface area contributed by atoms with Crippen molar-refractivity contribution in [2.45, 2.75) is 51.4 Å². The van der Waals surface area contributed by atoms with E-state index >= 15 is 0 Å². The molecule has 0 fully saturated rings. The van der Waals surface area contributed by atoms with Crippen LogP contribution in [0, 0.1) is 0 Å². The SMILES string of the molecule is C[C@@H](NC(=O)c1cnc2n1CCCCC2)c1ncc(C(=O)Nc2cc(C(F)(F)F)c(Cl)cn2)s1. The minimum absolute atomic E-state index is 0.152. The van der Waals surface area contributed by atoms with E-state index in [1.54, 1.807) is 13.1 Å². The summed E-state index contributed by atoms with van der Waals surface area (Å²) in [6.07, 6.45) is 2.96. The highest BCUT2D eigenvalue weighted by atomic mass is 35.5. The fourth-order valence-corrected chi connectivity index (χ4v) is 4.63. The summed E-state index contributed by atoms with van der Waals surface area (Å²) < 4.78 is 41.0. The van der Waals surface area contributed by atoms with Crippen LogP contribution in [0.3, 0.4) is 0 Å². The van der Waals surface area contributed by atoms with Crippen LogP contribution in [0.25, 0.3) is 0 Å². The first-order chi connectivity index (χ1) is 16.1. The van der Waals surface area contributed by atoms with Crippen LogP contribution < -0.4 is 10.6 Å². The zero-order chi connectivity index (χ0) is 24.5. The second-order valence-electron chi connectivity index (χ2n) is 7.78. The maximum atomic E-state index is 13.0. The number of hydrogen-bond acceptors (Lipinski definition) is 6. The summed E-state index contributed by atoms with van der Waals surface area (Å²) in [6, 6.07) is 0.168. The molecule has 0 aromatic carbocycles. The number of nitrogens with zero attached hydrogens (tertiary/aromatic N) is 4. The Morgan fingerprint density at radius 3 is 2.68 bits per heavy atom. The van der Waals surface area contributed by atoms with Crippen molar-refractivity contribution in [2.75, 3.05) is 5.32 Å². The van der Waals surface area contributed by atoms with Gasteiger partial charge in [0.1, 0.15) is 27.2 Å². The number of thiazole rings is 1. The normalized spacial score (nSPS) is 14.7. The number of halogens is 4. The molecule has 180 valence electrons. The summed E-state index contributed by atoms with van der Waals surface area (Å²) in [4.78, 5) is 37.7. The van der Waals surface area contributed by atoms with Crippen LogP contribution in [0.5, 0.6) is 0 Å². The number of aromatic nitrogens is 4. The van der Waals surface area contributed by atoms with E-state index in [1.165, 1.54) is 6.20 Å². The van der Waals surface area contributed by atoms with Gasteiger partial charge >= 0.3 is 6.18 Å². The Labute approximate surface area is 201 Å². The highest BCUT2D eigenvalue weighted by Gasteiger charge is 2.34. The molecule has 1 atom stereocenters. The number of alkyl halides is 3. The molecule has 4 heterocycles. The van der Waals surface area contributed by atoms with Gasteiger partial charge < -0.3 is 15.2 Å². The van der Waals surface area contributed by atoms with Crippen molar-refractivity contribution in [3.63, 3.8) is 0 Å². The van der Waals surface area contributed by atoms with Gasteiger partial charge in [-0.05, 0) is 25.8 Å². The van der Waals surface area contributed by atoms with Gasteiger partial charge in [-0.1, -0.05) is 18.0 Å². The molecule has 0 saturated heterocycles. The smallest absolute Gasteiger partial charge is 0.342 e. The van der Waals surface area contributed by atoms with Crippen LogP contribution >= 0.6 is 22.9 Å². The Morgan fingerprint density at radius 1 is 1.12 bits per heavy atom. The number of amides is 2. The third kappa shape index (κ3) is 5.22. The van der Waals surface area contributed by atoms with Crippen molar-refractivity contribution in [2.24, 2.45) is 0 Å². The van der Waals surface area contributed by atoms with Gasteiger partial charge in [-0.2, -0.15) is 13.2 Å². The van der Waals surface area contributed by atoms with Crippen LogP contribution in [0.15, 0.2) is 24.7 Å². The summed E-state index contributed by atoms with van der Waals surface area (Å²) in [5.41, 5.74) is -0.619. The first-order valence-electron chi connectivity index (χ1n) is 10.5. The number of anilines is 1. The summed E-state index contributed by atoms with van der Waals surface area (Å²) in [5, 5.41) is 5.08. The molecule has 2 N–H and O–H groups in total. The van der Waals surface area contributed by atoms with E-state index in [9.17, 15) is 22.8 Å². The van der Waals surface area contributed by atoms with E-state index in [0.29, 0.717) is 16.8 Å². The van der Waals surface area contributed by atoms with Gasteiger partial charge in [0.05, 0.1) is 29.0 Å². The maximum Gasteiger partial charge on any atom is 0.418 e. The summed E-state index contributed by atoms with van der Waals surface area (Å²) in [7, 11) is 0. The molecule has 4 rings (SSSR count). The van der Waals surface area contributed by atoms with Crippen molar-refractivity contribution in [3.05, 3.63) is 56.6 Å². The molecule has 0 radical (unpaired) electrons. The molecular weight excluding hydrogens is 493 g/mol. The van der Waals surface area contributed by atoms with E-state index in [0.717, 1.165) is 55.6 Å². The molecule has 0 spiro atoms. The van der Waals surface area contributed by atoms with Gasteiger partial charge in [0.15, 0.2) is 0 Å². The first kappa shape index (κ1) is 24.1. The zero-order valence-corrected chi connectivity index (χ0v) is 19.5.